The minimum Gasteiger partial charge on any atom is -0.395 e. The molecule has 2 unspecified atom stereocenters. The molecular formula is C11H24N2O3. The van der Waals surface area contributed by atoms with E-state index in [1.54, 1.807) is 11.8 Å². The molecule has 0 aromatic rings. The molecule has 0 aromatic carbocycles. The van der Waals surface area contributed by atoms with Gasteiger partial charge in [-0.15, -0.1) is 0 Å². The van der Waals surface area contributed by atoms with Crippen LogP contribution in [0, 0.1) is 0 Å². The Bertz CT molecular complexity index is 194. The van der Waals surface area contributed by atoms with Crippen LogP contribution in [-0.2, 0) is 4.79 Å². The molecule has 0 spiro atoms. The highest BCUT2D eigenvalue weighted by atomic mass is 16.3. The maximum atomic E-state index is 11.8. The highest BCUT2D eigenvalue weighted by Crippen LogP contribution is 2.00. The number of carbonyl (C=O) groups excluding carboxylic acids is 1. The van der Waals surface area contributed by atoms with E-state index in [0.717, 1.165) is 6.42 Å². The fourth-order valence-corrected chi connectivity index (χ4v) is 1.39. The third kappa shape index (κ3) is 5.44. The number of aliphatic hydroxyl groups excluding tert-OH is 2. The minimum absolute atomic E-state index is 0.0129. The molecule has 5 nitrogen and oxygen atoms in total. The van der Waals surface area contributed by atoms with Crippen molar-refractivity contribution in [3.05, 3.63) is 0 Å². The number of rotatable bonds is 8. The summed E-state index contributed by atoms with van der Waals surface area (Å²) in [6.45, 7) is 6.51. The summed E-state index contributed by atoms with van der Waals surface area (Å²) in [7, 11) is 0. The first-order valence-electron chi connectivity index (χ1n) is 5.82. The molecule has 0 saturated heterocycles. The Kier molecular flexibility index (Phi) is 8.15. The van der Waals surface area contributed by atoms with Crippen LogP contribution in [0.4, 0.5) is 0 Å². The lowest BCUT2D eigenvalue weighted by Gasteiger charge is -2.27. The molecular weight excluding hydrogens is 208 g/mol. The van der Waals surface area contributed by atoms with Crippen molar-refractivity contribution in [3.8, 4) is 0 Å². The lowest BCUT2D eigenvalue weighted by molar-refractivity contribution is -0.126. The summed E-state index contributed by atoms with van der Waals surface area (Å²) in [6.07, 6.45) is 0.887. The number of aliphatic hydroxyl groups is 2. The zero-order valence-corrected chi connectivity index (χ0v) is 10.4. The van der Waals surface area contributed by atoms with Crippen LogP contribution in [0.3, 0.4) is 0 Å². The molecule has 0 aromatic heterocycles. The number of amides is 1. The first kappa shape index (κ1) is 15.3. The zero-order valence-electron chi connectivity index (χ0n) is 10.4. The second-order valence-corrected chi connectivity index (χ2v) is 3.98. The van der Waals surface area contributed by atoms with Crippen molar-refractivity contribution in [3.63, 3.8) is 0 Å². The number of nitrogens with zero attached hydrogens (tertiary/aromatic N) is 1. The van der Waals surface area contributed by atoms with Gasteiger partial charge in [-0.25, -0.2) is 0 Å². The van der Waals surface area contributed by atoms with Gasteiger partial charge in [-0.3, -0.25) is 9.69 Å². The van der Waals surface area contributed by atoms with E-state index in [-0.39, 0.29) is 31.2 Å². The van der Waals surface area contributed by atoms with Crippen LogP contribution in [0.15, 0.2) is 0 Å². The van der Waals surface area contributed by atoms with Crippen molar-refractivity contribution in [2.24, 2.45) is 0 Å². The van der Waals surface area contributed by atoms with Gasteiger partial charge in [0.1, 0.15) is 0 Å². The zero-order chi connectivity index (χ0) is 12.6. The third-order valence-electron chi connectivity index (χ3n) is 2.70. The Morgan fingerprint density at radius 1 is 1.25 bits per heavy atom. The first-order valence-corrected chi connectivity index (χ1v) is 5.82. The van der Waals surface area contributed by atoms with Crippen molar-refractivity contribution >= 4 is 5.91 Å². The van der Waals surface area contributed by atoms with Gasteiger partial charge in [0.05, 0.1) is 19.3 Å². The van der Waals surface area contributed by atoms with Gasteiger partial charge in [-0.1, -0.05) is 6.92 Å². The summed E-state index contributed by atoms with van der Waals surface area (Å²) in [4.78, 5) is 13.5. The van der Waals surface area contributed by atoms with Crippen molar-refractivity contribution < 1.29 is 15.0 Å². The van der Waals surface area contributed by atoms with Crippen LogP contribution < -0.4 is 5.32 Å². The number of nitrogens with one attached hydrogen (secondary N) is 1. The van der Waals surface area contributed by atoms with Gasteiger partial charge in [0, 0.05) is 19.1 Å². The highest BCUT2D eigenvalue weighted by Gasteiger charge is 2.21. The third-order valence-corrected chi connectivity index (χ3v) is 2.70. The SMILES string of the molecule is CCC(C)NC(=O)C(C)N(CCO)CCO. The lowest BCUT2D eigenvalue weighted by Crippen LogP contribution is -2.49. The average Bonchev–Trinajstić information content (AvgIpc) is 2.27. The van der Waals surface area contributed by atoms with E-state index in [1.807, 2.05) is 13.8 Å². The first-order chi connectivity index (χ1) is 7.56. The van der Waals surface area contributed by atoms with E-state index in [2.05, 4.69) is 5.32 Å². The van der Waals surface area contributed by atoms with E-state index in [0.29, 0.717) is 13.1 Å². The van der Waals surface area contributed by atoms with E-state index in [4.69, 9.17) is 10.2 Å². The molecule has 2 atom stereocenters. The van der Waals surface area contributed by atoms with Crippen LogP contribution in [0.1, 0.15) is 27.2 Å². The fraction of sp³-hybridized carbons (Fsp3) is 0.909. The van der Waals surface area contributed by atoms with Gasteiger partial charge in [0.2, 0.25) is 5.91 Å². The van der Waals surface area contributed by atoms with Crippen LogP contribution >= 0.6 is 0 Å². The molecule has 96 valence electrons. The Morgan fingerprint density at radius 3 is 2.12 bits per heavy atom. The lowest BCUT2D eigenvalue weighted by atomic mass is 10.2. The van der Waals surface area contributed by atoms with Gasteiger partial charge in [0.25, 0.3) is 0 Å². The van der Waals surface area contributed by atoms with Crippen LogP contribution in [-0.4, -0.2) is 59.4 Å². The molecule has 0 aliphatic heterocycles. The Balaban J connectivity index is 4.24. The molecule has 0 aliphatic rings. The van der Waals surface area contributed by atoms with Gasteiger partial charge in [-0.2, -0.15) is 0 Å². The number of hydrogen-bond donors (Lipinski definition) is 3. The molecule has 5 heteroatoms. The van der Waals surface area contributed by atoms with Crippen molar-refractivity contribution in [2.45, 2.75) is 39.3 Å². The maximum Gasteiger partial charge on any atom is 0.237 e. The number of hydrogen-bond acceptors (Lipinski definition) is 4. The van der Waals surface area contributed by atoms with Crippen molar-refractivity contribution in [1.29, 1.82) is 0 Å². The molecule has 0 radical (unpaired) electrons. The molecule has 1 amide bonds. The summed E-state index contributed by atoms with van der Waals surface area (Å²) in [5, 5.41) is 20.6. The van der Waals surface area contributed by atoms with Crippen molar-refractivity contribution in [1.82, 2.24) is 10.2 Å². The second kappa shape index (κ2) is 8.50. The Labute approximate surface area is 97.4 Å². The van der Waals surface area contributed by atoms with E-state index in [1.165, 1.54) is 0 Å². The standard InChI is InChI=1S/C11H24N2O3/c1-4-9(2)12-11(16)10(3)13(5-7-14)6-8-15/h9-10,14-15H,4-8H2,1-3H3,(H,12,16). The molecule has 0 bridgehead atoms. The predicted octanol–water partition coefficient (Wildman–Crippen LogP) is -0.424. The van der Waals surface area contributed by atoms with Crippen LogP contribution in [0.25, 0.3) is 0 Å². The highest BCUT2D eigenvalue weighted by molar-refractivity contribution is 5.81. The largest absolute Gasteiger partial charge is 0.395 e. The second-order valence-electron chi connectivity index (χ2n) is 3.98. The molecule has 0 fully saturated rings. The molecule has 0 saturated carbocycles. The summed E-state index contributed by atoms with van der Waals surface area (Å²) in [6, 6.07) is -0.173. The normalized spacial score (nSPS) is 14.9. The molecule has 0 heterocycles. The van der Waals surface area contributed by atoms with Crippen LogP contribution in [0.2, 0.25) is 0 Å². The smallest absolute Gasteiger partial charge is 0.237 e. The topological polar surface area (TPSA) is 72.8 Å². The number of carbonyl (C=O) groups is 1. The van der Waals surface area contributed by atoms with E-state index >= 15 is 0 Å². The average molecular weight is 232 g/mol. The van der Waals surface area contributed by atoms with E-state index in [9.17, 15) is 4.79 Å². The maximum absolute atomic E-state index is 11.8. The molecule has 0 rings (SSSR count). The Morgan fingerprint density at radius 2 is 1.75 bits per heavy atom. The summed E-state index contributed by atoms with van der Waals surface area (Å²) < 4.78 is 0. The van der Waals surface area contributed by atoms with E-state index < -0.39 is 0 Å². The summed E-state index contributed by atoms with van der Waals surface area (Å²) in [5.41, 5.74) is 0. The van der Waals surface area contributed by atoms with Gasteiger partial charge >= 0.3 is 0 Å². The Hall–Kier alpha value is -0.650. The monoisotopic (exact) mass is 232 g/mol. The fourth-order valence-electron chi connectivity index (χ4n) is 1.39. The van der Waals surface area contributed by atoms with Gasteiger partial charge in [0.15, 0.2) is 0 Å². The summed E-state index contributed by atoms with van der Waals surface area (Å²) >= 11 is 0. The minimum atomic E-state index is -0.326. The molecule has 3 N–H and O–H groups in total. The van der Waals surface area contributed by atoms with Crippen molar-refractivity contribution in [2.75, 3.05) is 26.3 Å². The molecule has 16 heavy (non-hydrogen) atoms. The van der Waals surface area contributed by atoms with Crippen LogP contribution in [0.5, 0.6) is 0 Å². The van der Waals surface area contributed by atoms with Gasteiger partial charge in [-0.05, 0) is 20.3 Å². The van der Waals surface area contributed by atoms with Gasteiger partial charge < -0.3 is 15.5 Å². The quantitative estimate of drug-likeness (QED) is 0.531. The predicted molar refractivity (Wildman–Crippen MR) is 63.1 cm³/mol. The molecule has 0 aliphatic carbocycles. The summed E-state index contributed by atoms with van der Waals surface area (Å²) in [5.74, 6) is -0.0590.